The van der Waals surface area contributed by atoms with Crippen molar-refractivity contribution < 1.29 is 0 Å². The number of rotatable bonds is 4. The Bertz CT molecular complexity index is 886. The van der Waals surface area contributed by atoms with Gasteiger partial charge in [0, 0.05) is 0 Å². The van der Waals surface area contributed by atoms with Crippen molar-refractivity contribution in [1.82, 2.24) is 0 Å². The summed E-state index contributed by atoms with van der Waals surface area (Å²) in [5.74, 6) is 0. The molecule has 146 valence electrons. The second kappa shape index (κ2) is 8.06. The topological polar surface area (TPSA) is 0 Å². The molecular formula is C27H34Sn. The van der Waals surface area contributed by atoms with E-state index in [9.17, 15) is 0 Å². The zero-order valence-corrected chi connectivity index (χ0v) is 21.6. The van der Waals surface area contributed by atoms with Crippen molar-refractivity contribution in [2.45, 2.75) is 59.3 Å². The monoisotopic (exact) mass is 478 g/mol. The second-order valence-electron chi connectivity index (χ2n) is 8.92. The van der Waals surface area contributed by atoms with E-state index in [4.69, 9.17) is 0 Å². The Hall–Kier alpha value is -1.54. The summed E-state index contributed by atoms with van der Waals surface area (Å²) in [5, 5.41) is 0. The molecule has 0 saturated heterocycles. The molecular weight excluding hydrogens is 443 g/mol. The van der Waals surface area contributed by atoms with Crippen molar-refractivity contribution in [2.24, 2.45) is 0 Å². The maximum absolute atomic E-state index is 3.28. The Morgan fingerprint density at radius 2 is 0.786 bits per heavy atom. The van der Waals surface area contributed by atoms with Crippen LogP contribution in [0, 0.1) is 41.5 Å². The predicted molar refractivity (Wildman–Crippen MR) is 128 cm³/mol. The molecule has 3 aromatic rings. The van der Waals surface area contributed by atoms with Crippen LogP contribution in [0.25, 0.3) is 0 Å². The SMILES string of the molecule is Cc1ccc(C)[c]([Sn]([c]2cc(C)ccc2C)([c]2cc(C)ccc2C)[CH](C)C)c1. The van der Waals surface area contributed by atoms with Crippen molar-refractivity contribution >= 4 is 29.1 Å². The van der Waals surface area contributed by atoms with Gasteiger partial charge in [-0.3, -0.25) is 0 Å². The quantitative estimate of drug-likeness (QED) is 0.441. The van der Waals surface area contributed by atoms with E-state index in [1.165, 1.54) is 33.4 Å². The van der Waals surface area contributed by atoms with Crippen molar-refractivity contribution in [1.29, 1.82) is 0 Å². The van der Waals surface area contributed by atoms with Crippen LogP contribution in [0.3, 0.4) is 0 Å². The standard InChI is InChI=1S/3C8H9.C3H7.Sn/c3*1-7-3-5-8(2)6-4-7;1-3-2;/h3*3-5H,1-2H3;3H,1-2H3;. The van der Waals surface area contributed by atoms with E-state index >= 15 is 0 Å². The fraction of sp³-hybridized carbons (Fsp3) is 0.333. The van der Waals surface area contributed by atoms with E-state index in [0.717, 1.165) is 0 Å². The average Bonchev–Trinajstić information content (AvgIpc) is 2.63. The zero-order valence-electron chi connectivity index (χ0n) is 18.8. The van der Waals surface area contributed by atoms with Gasteiger partial charge in [0.25, 0.3) is 0 Å². The van der Waals surface area contributed by atoms with E-state index < -0.39 is 18.4 Å². The third-order valence-electron chi connectivity index (χ3n) is 6.32. The van der Waals surface area contributed by atoms with Crippen LogP contribution in [0.5, 0.6) is 0 Å². The third-order valence-corrected chi connectivity index (χ3v) is 23.2. The summed E-state index contributed by atoms with van der Waals surface area (Å²) < 4.78 is 5.56. The first kappa shape index (κ1) is 21.2. The van der Waals surface area contributed by atoms with Gasteiger partial charge in [-0.1, -0.05) is 0 Å². The van der Waals surface area contributed by atoms with Gasteiger partial charge in [-0.2, -0.15) is 0 Å². The molecule has 0 N–H and O–H groups in total. The van der Waals surface area contributed by atoms with Gasteiger partial charge < -0.3 is 0 Å². The van der Waals surface area contributed by atoms with E-state index in [-0.39, 0.29) is 0 Å². The van der Waals surface area contributed by atoms with Crippen LogP contribution in [0.1, 0.15) is 47.2 Å². The van der Waals surface area contributed by atoms with Crippen molar-refractivity contribution in [3.8, 4) is 0 Å². The molecule has 0 aliphatic rings. The molecule has 0 radical (unpaired) electrons. The summed E-state index contributed by atoms with van der Waals surface area (Å²) in [6.07, 6.45) is 0. The van der Waals surface area contributed by atoms with E-state index in [1.807, 2.05) is 0 Å². The van der Waals surface area contributed by atoms with Crippen LogP contribution < -0.4 is 10.7 Å². The maximum atomic E-state index is 2.51. The minimum absolute atomic E-state index is 0.621. The molecule has 0 nitrogen and oxygen atoms in total. The Morgan fingerprint density at radius 3 is 1.04 bits per heavy atom. The second-order valence-corrected chi connectivity index (χ2v) is 21.4. The number of aryl methyl sites for hydroxylation is 6. The summed E-state index contributed by atoms with van der Waals surface area (Å²) in [7, 11) is 0. The van der Waals surface area contributed by atoms with Gasteiger partial charge in [0.15, 0.2) is 0 Å². The normalized spacial score (nSPS) is 11.9. The fourth-order valence-corrected chi connectivity index (χ4v) is 22.6. The first-order valence-corrected chi connectivity index (χ1v) is 16.3. The van der Waals surface area contributed by atoms with Crippen molar-refractivity contribution in [2.75, 3.05) is 0 Å². The van der Waals surface area contributed by atoms with Gasteiger partial charge in [-0.25, -0.2) is 0 Å². The average molecular weight is 477 g/mol. The Morgan fingerprint density at radius 1 is 0.500 bits per heavy atom. The molecule has 0 atom stereocenters. The number of hydrogen-bond acceptors (Lipinski definition) is 0. The van der Waals surface area contributed by atoms with Crippen LogP contribution in [0.2, 0.25) is 3.93 Å². The molecule has 3 aromatic carbocycles. The first-order chi connectivity index (χ1) is 13.2. The van der Waals surface area contributed by atoms with Crippen LogP contribution in [-0.4, -0.2) is 18.4 Å². The number of hydrogen-bond donors (Lipinski definition) is 0. The molecule has 0 bridgehead atoms. The third kappa shape index (κ3) is 3.56. The van der Waals surface area contributed by atoms with Crippen LogP contribution in [-0.2, 0) is 0 Å². The van der Waals surface area contributed by atoms with Crippen LogP contribution in [0.15, 0.2) is 54.6 Å². The van der Waals surface area contributed by atoms with E-state index in [0.29, 0.717) is 3.93 Å². The molecule has 1 heteroatoms. The number of benzene rings is 3. The first-order valence-electron chi connectivity index (χ1n) is 10.4. The zero-order chi connectivity index (χ0) is 20.6. The molecule has 3 rings (SSSR count). The van der Waals surface area contributed by atoms with Gasteiger partial charge in [0.2, 0.25) is 0 Å². The van der Waals surface area contributed by atoms with E-state index in [2.05, 4.69) is 110 Å². The fourth-order valence-electron chi connectivity index (χ4n) is 4.85. The molecule has 0 spiro atoms. The Balaban J connectivity index is 2.56. The van der Waals surface area contributed by atoms with Gasteiger partial charge in [-0.05, 0) is 0 Å². The van der Waals surface area contributed by atoms with Crippen molar-refractivity contribution in [3.63, 3.8) is 0 Å². The molecule has 0 aliphatic heterocycles. The molecule has 0 unspecified atom stereocenters. The Kier molecular flexibility index (Phi) is 6.10. The summed E-state index contributed by atoms with van der Waals surface area (Å²) in [6.45, 7) is 18.6. The van der Waals surface area contributed by atoms with Crippen LogP contribution >= 0.6 is 0 Å². The summed E-state index contributed by atoms with van der Waals surface area (Å²) in [5.41, 5.74) is 8.49. The van der Waals surface area contributed by atoms with Gasteiger partial charge >= 0.3 is 176 Å². The Labute approximate surface area is 175 Å². The van der Waals surface area contributed by atoms with E-state index in [1.54, 1.807) is 10.7 Å². The molecule has 0 aliphatic carbocycles. The van der Waals surface area contributed by atoms with Crippen molar-refractivity contribution in [3.05, 3.63) is 88.0 Å². The summed E-state index contributed by atoms with van der Waals surface area (Å²) >= 11 is -3.28. The summed E-state index contributed by atoms with van der Waals surface area (Å²) in [4.78, 5) is 0. The predicted octanol–water partition coefficient (Wildman–Crippen LogP) is 5.42. The molecule has 0 heterocycles. The van der Waals surface area contributed by atoms with Gasteiger partial charge in [-0.15, -0.1) is 0 Å². The molecule has 0 saturated carbocycles. The van der Waals surface area contributed by atoms with Gasteiger partial charge in [0.05, 0.1) is 0 Å². The molecule has 0 aromatic heterocycles. The molecule has 0 fully saturated rings. The molecule has 0 amide bonds. The molecule has 28 heavy (non-hydrogen) atoms. The van der Waals surface area contributed by atoms with Crippen LogP contribution in [0.4, 0.5) is 0 Å². The summed E-state index contributed by atoms with van der Waals surface area (Å²) in [6, 6.07) is 21.4. The van der Waals surface area contributed by atoms with Gasteiger partial charge in [0.1, 0.15) is 0 Å². The minimum atomic E-state index is -3.28.